The molecule has 0 radical (unpaired) electrons. The first kappa shape index (κ1) is 15.2. The van der Waals surface area contributed by atoms with Crippen LogP contribution in [0.2, 0.25) is 0 Å². The number of amides is 1. The van der Waals surface area contributed by atoms with Crippen LogP contribution in [0.4, 0.5) is 11.4 Å². The maximum atomic E-state index is 12.1. The monoisotopic (exact) mass is 293 g/mol. The van der Waals surface area contributed by atoms with Crippen molar-refractivity contribution in [3.05, 3.63) is 28.3 Å². The van der Waals surface area contributed by atoms with Crippen LogP contribution in [0.5, 0.6) is 5.75 Å². The first-order valence-electron chi connectivity index (χ1n) is 6.99. The highest BCUT2D eigenvalue weighted by molar-refractivity contribution is 5.95. The van der Waals surface area contributed by atoms with E-state index in [4.69, 9.17) is 10.5 Å². The minimum atomic E-state index is -0.529. The normalized spacial score (nSPS) is 21.0. The third-order valence-electron chi connectivity index (χ3n) is 3.58. The minimum Gasteiger partial charge on any atom is -0.494 e. The molecule has 2 unspecified atom stereocenters. The smallest absolute Gasteiger partial charge is 0.296 e. The van der Waals surface area contributed by atoms with Crippen LogP contribution in [0.3, 0.4) is 0 Å². The Morgan fingerprint density at radius 2 is 2.29 bits per heavy atom. The van der Waals surface area contributed by atoms with Gasteiger partial charge in [0.1, 0.15) is 11.4 Å². The number of nitro groups is 1. The summed E-state index contributed by atoms with van der Waals surface area (Å²) in [5.74, 6) is 0.0199. The van der Waals surface area contributed by atoms with E-state index < -0.39 is 4.92 Å². The molecule has 1 aromatic rings. The fourth-order valence-electron chi connectivity index (χ4n) is 2.51. The average molecular weight is 293 g/mol. The van der Waals surface area contributed by atoms with Crippen molar-refractivity contribution < 1.29 is 14.5 Å². The molecule has 7 nitrogen and oxygen atoms in total. The summed E-state index contributed by atoms with van der Waals surface area (Å²) in [5.41, 5.74) is 5.80. The second kappa shape index (κ2) is 6.53. The molecule has 21 heavy (non-hydrogen) atoms. The van der Waals surface area contributed by atoms with Crippen LogP contribution in [0, 0.1) is 16.0 Å². The van der Waals surface area contributed by atoms with Gasteiger partial charge in [0.05, 0.1) is 17.6 Å². The summed E-state index contributed by atoms with van der Waals surface area (Å²) in [6.07, 6.45) is 2.15. The Kier molecular flexibility index (Phi) is 4.74. The van der Waals surface area contributed by atoms with E-state index in [2.05, 4.69) is 5.32 Å². The van der Waals surface area contributed by atoms with Crippen molar-refractivity contribution in [1.82, 2.24) is 0 Å². The third kappa shape index (κ3) is 3.69. The molecule has 0 aromatic heterocycles. The minimum absolute atomic E-state index is 0.0380. The fraction of sp³-hybridized carbons (Fsp3) is 0.500. The molecule has 1 fully saturated rings. The number of rotatable bonds is 5. The first-order chi connectivity index (χ1) is 10.0. The first-order valence-corrected chi connectivity index (χ1v) is 6.99. The molecule has 1 amide bonds. The maximum Gasteiger partial charge on any atom is 0.296 e. The fourth-order valence-corrected chi connectivity index (χ4v) is 2.51. The maximum absolute atomic E-state index is 12.1. The van der Waals surface area contributed by atoms with Gasteiger partial charge in [0.15, 0.2) is 0 Å². The van der Waals surface area contributed by atoms with Crippen molar-refractivity contribution in [2.45, 2.75) is 32.2 Å². The molecule has 7 heteroatoms. The molecule has 0 heterocycles. The van der Waals surface area contributed by atoms with E-state index in [0.717, 1.165) is 12.8 Å². The summed E-state index contributed by atoms with van der Waals surface area (Å²) >= 11 is 0. The predicted molar refractivity (Wildman–Crippen MR) is 78.2 cm³/mol. The van der Waals surface area contributed by atoms with Crippen molar-refractivity contribution in [2.24, 2.45) is 11.7 Å². The second-order valence-corrected chi connectivity index (χ2v) is 5.13. The summed E-state index contributed by atoms with van der Waals surface area (Å²) in [6, 6.07) is 4.46. The lowest BCUT2D eigenvalue weighted by atomic mass is 10.1. The summed E-state index contributed by atoms with van der Waals surface area (Å²) in [4.78, 5) is 22.7. The Morgan fingerprint density at radius 3 is 2.86 bits per heavy atom. The highest BCUT2D eigenvalue weighted by atomic mass is 16.6. The average Bonchev–Trinajstić information content (AvgIpc) is 2.87. The van der Waals surface area contributed by atoms with Gasteiger partial charge in [-0.25, -0.2) is 0 Å². The van der Waals surface area contributed by atoms with E-state index in [0.29, 0.717) is 18.8 Å². The van der Waals surface area contributed by atoms with Gasteiger partial charge in [0.2, 0.25) is 5.91 Å². The van der Waals surface area contributed by atoms with Crippen molar-refractivity contribution >= 4 is 17.3 Å². The number of hydrogen-bond acceptors (Lipinski definition) is 5. The summed E-state index contributed by atoms with van der Waals surface area (Å²) < 4.78 is 5.24. The molecule has 2 atom stereocenters. The lowest BCUT2D eigenvalue weighted by Crippen LogP contribution is -2.23. The predicted octanol–water partition coefficient (Wildman–Crippen LogP) is 2.06. The number of hydrogen-bond donors (Lipinski definition) is 2. The molecular formula is C14H19N3O4. The Hall–Kier alpha value is -2.15. The lowest BCUT2D eigenvalue weighted by Gasteiger charge is -2.12. The van der Waals surface area contributed by atoms with Crippen LogP contribution in [0.1, 0.15) is 26.2 Å². The summed E-state index contributed by atoms with van der Waals surface area (Å²) in [7, 11) is 0. The molecule has 1 aliphatic carbocycles. The molecule has 0 bridgehead atoms. The highest BCUT2D eigenvalue weighted by Gasteiger charge is 2.29. The van der Waals surface area contributed by atoms with Crippen LogP contribution in [0.25, 0.3) is 0 Å². The highest BCUT2D eigenvalue weighted by Crippen LogP contribution is 2.31. The zero-order chi connectivity index (χ0) is 15.4. The van der Waals surface area contributed by atoms with Crippen LogP contribution >= 0.6 is 0 Å². The Balaban J connectivity index is 2.15. The molecule has 2 rings (SSSR count). The lowest BCUT2D eigenvalue weighted by molar-refractivity contribution is -0.384. The quantitative estimate of drug-likeness (QED) is 0.638. The number of anilines is 1. The van der Waals surface area contributed by atoms with E-state index in [1.54, 1.807) is 13.0 Å². The van der Waals surface area contributed by atoms with Crippen LogP contribution in [-0.2, 0) is 4.79 Å². The molecule has 1 aromatic carbocycles. The topological polar surface area (TPSA) is 107 Å². The van der Waals surface area contributed by atoms with Gasteiger partial charge in [0, 0.05) is 12.0 Å². The zero-order valence-electron chi connectivity index (χ0n) is 11.9. The number of nitro benzene ring substituents is 1. The molecule has 1 saturated carbocycles. The van der Waals surface area contributed by atoms with Gasteiger partial charge in [-0.15, -0.1) is 0 Å². The molecular weight excluding hydrogens is 274 g/mol. The second-order valence-electron chi connectivity index (χ2n) is 5.13. The van der Waals surface area contributed by atoms with E-state index in [1.165, 1.54) is 12.1 Å². The van der Waals surface area contributed by atoms with Gasteiger partial charge < -0.3 is 15.8 Å². The zero-order valence-corrected chi connectivity index (χ0v) is 11.9. The van der Waals surface area contributed by atoms with E-state index in [9.17, 15) is 14.9 Å². The largest absolute Gasteiger partial charge is 0.494 e. The molecule has 114 valence electrons. The van der Waals surface area contributed by atoms with Crippen molar-refractivity contribution in [2.75, 3.05) is 11.9 Å². The number of nitrogens with zero attached hydrogens (tertiary/aromatic N) is 1. The third-order valence-corrected chi connectivity index (χ3v) is 3.58. The van der Waals surface area contributed by atoms with Gasteiger partial charge in [-0.1, -0.05) is 0 Å². The van der Waals surface area contributed by atoms with Gasteiger partial charge in [-0.2, -0.15) is 0 Å². The van der Waals surface area contributed by atoms with Gasteiger partial charge in [-0.3, -0.25) is 14.9 Å². The Labute approximate surface area is 122 Å². The standard InChI is InChI=1S/C14H19N3O4/c1-2-21-11-5-6-12(13(8-11)17(19)20)16-14(18)9-3-4-10(15)7-9/h5-6,8-10H,2-4,7,15H2,1H3,(H,16,18). The Morgan fingerprint density at radius 1 is 1.52 bits per heavy atom. The number of carbonyl (C=O) groups is 1. The number of ether oxygens (including phenoxy) is 1. The summed E-state index contributed by atoms with van der Waals surface area (Å²) in [6.45, 7) is 2.22. The molecule has 0 aliphatic heterocycles. The molecule has 0 saturated heterocycles. The Bertz CT molecular complexity index is 547. The van der Waals surface area contributed by atoms with Gasteiger partial charge in [0.25, 0.3) is 5.69 Å². The van der Waals surface area contributed by atoms with E-state index >= 15 is 0 Å². The number of nitrogens with two attached hydrogens (primary N) is 1. The molecule has 0 spiro atoms. The molecule has 3 N–H and O–H groups in total. The van der Waals surface area contributed by atoms with Crippen molar-refractivity contribution in [3.8, 4) is 5.75 Å². The van der Waals surface area contributed by atoms with Crippen molar-refractivity contribution in [1.29, 1.82) is 0 Å². The number of nitrogens with one attached hydrogen (secondary N) is 1. The SMILES string of the molecule is CCOc1ccc(NC(=O)C2CCC(N)C2)c([N+](=O)[O-])c1. The number of benzene rings is 1. The summed E-state index contributed by atoms with van der Waals surface area (Å²) in [5, 5.41) is 13.7. The number of carbonyl (C=O) groups excluding carboxylic acids is 1. The van der Waals surface area contributed by atoms with Crippen LogP contribution in [0.15, 0.2) is 18.2 Å². The van der Waals surface area contributed by atoms with Gasteiger partial charge >= 0.3 is 0 Å². The van der Waals surface area contributed by atoms with Crippen LogP contribution < -0.4 is 15.8 Å². The van der Waals surface area contributed by atoms with Crippen LogP contribution in [-0.4, -0.2) is 23.5 Å². The molecule has 1 aliphatic rings. The van der Waals surface area contributed by atoms with Crippen molar-refractivity contribution in [3.63, 3.8) is 0 Å². The van der Waals surface area contributed by atoms with Gasteiger partial charge in [-0.05, 0) is 38.3 Å². The van der Waals surface area contributed by atoms with E-state index in [1.807, 2.05) is 0 Å². The van der Waals surface area contributed by atoms with E-state index in [-0.39, 0.29) is 29.2 Å².